The summed E-state index contributed by atoms with van der Waals surface area (Å²) in [6, 6.07) is 5.66. The molecular weight excluding hydrogens is 317 g/mol. The molecule has 9 heteroatoms. The lowest BCUT2D eigenvalue weighted by Gasteiger charge is -2.05. The summed E-state index contributed by atoms with van der Waals surface area (Å²) >= 11 is 1.25. The lowest BCUT2D eigenvalue weighted by molar-refractivity contribution is -0.137. The summed E-state index contributed by atoms with van der Waals surface area (Å²) in [5.74, 6) is 0.185. The van der Waals surface area contributed by atoms with Crippen LogP contribution in [-0.2, 0) is 6.18 Å². The number of hydrogen-bond donors (Lipinski definition) is 0. The minimum Gasteiger partial charge on any atom is -0.333 e. The molecule has 3 aromatic heterocycles. The van der Waals surface area contributed by atoms with E-state index in [-0.39, 0.29) is 17.4 Å². The summed E-state index contributed by atoms with van der Waals surface area (Å²) in [5, 5.41) is 14.3. The molecule has 0 spiro atoms. The number of alkyl halides is 3. The van der Waals surface area contributed by atoms with Gasteiger partial charge in [0.15, 0.2) is 0 Å². The molecule has 0 bridgehead atoms. The van der Waals surface area contributed by atoms with Gasteiger partial charge in [-0.25, -0.2) is 0 Å². The van der Waals surface area contributed by atoms with Gasteiger partial charge in [-0.2, -0.15) is 23.4 Å². The highest BCUT2D eigenvalue weighted by Crippen LogP contribution is 2.31. The van der Waals surface area contributed by atoms with E-state index in [0.29, 0.717) is 16.6 Å². The van der Waals surface area contributed by atoms with E-state index in [1.807, 2.05) is 6.07 Å². The minimum absolute atomic E-state index is 0.0565. The molecule has 0 aliphatic heterocycles. The first kappa shape index (κ1) is 14.2. The second-order valence-electron chi connectivity index (χ2n) is 4.13. The number of hydrogen-bond acceptors (Lipinski definition) is 6. The lowest BCUT2D eigenvalue weighted by Crippen LogP contribution is -2.05. The van der Waals surface area contributed by atoms with E-state index < -0.39 is 11.7 Å². The van der Waals surface area contributed by atoms with Gasteiger partial charge in [0, 0.05) is 6.20 Å². The standard InChI is InChI=1S/C13H5F3N4OS/c14-13(15,16)8-1-2-9(18-6-8)11-19-12(21-20-11)10-7(5-17)3-4-22-10/h1-4,6H. The second-order valence-corrected chi connectivity index (χ2v) is 5.04. The molecule has 0 unspecified atom stereocenters. The van der Waals surface area contributed by atoms with Crippen molar-refractivity contribution < 1.29 is 17.7 Å². The van der Waals surface area contributed by atoms with Crippen LogP contribution in [0.1, 0.15) is 11.1 Å². The van der Waals surface area contributed by atoms with Crippen LogP contribution in [0.25, 0.3) is 22.3 Å². The van der Waals surface area contributed by atoms with E-state index in [4.69, 9.17) is 9.78 Å². The maximum Gasteiger partial charge on any atom is 0.417 e. The van der Waals surface area contributed by atoms with Crippen LogP contribution < -0.4 is 0 Å². The van der Waals surface area contributed by atoms with Crippen LogP contribution >= 0.6 is 11.3 Å². The summed E-state index contributed by atoms with van der Waals surface area (Å²) in [5.41, 5.74) is -0.316. The first-order valence-corrected chi connectivity index (χ1v) is 6.72. The normalized spacial score (nSPS) is 11.4. The van der Waals surface area contributed by atoms with Crippen LogP contribution in [0.15, 0.2) is 34.3 Å². The van der Waals surface area contributed by atoms with Crippen LogP contribution in [0, 0.1) is 11.3 Å². The van der Waals surface area contributed by atoms with Gasteiger partial charge in [0.2, 0.25) is 5.82 Å². The van der Waals surface area contributed by atoms with Crippen molar-refractivity contribution in [3.63, 3.8) is 0 Å². The van der Waals surface area contributed by atoms with Gasteiger partial charge in [0.25, 0.3) is 5.89 Å². The second kappa shape index (κ2) is 5.23. The Bertz CT molecular complexity index is 845. The van der Waals surface area contributed by atoms with Crippen LogP contribution in [-0.4, -0.2) is 15.1 Å². The first-order valence-electron chi connectivity index (χ1n) is 5.84. The zero-order valence-corrected chi connectivity index (χ0v) is 11.4. The Morgan fingerprint density at radius 3 is 2.68 bits per heavy atom. The van der Waals surface area contributed by atoms with Gasteiger partial charge in [0.1, 0.15) is 16.6 Å². The minimum atomic E-state index is -4.45. The Hall–Kier alpha value is -2.73. The number of pyridine rings is 1. The van der Waals surface area contributed by atoms with Crippen molar-refractivity contribution in [1.82, 2.24) is 15.1 Å². The van der Waals surface area contributed by atoms with Gasteiger partial charge in [0.05, 0.1) is 11.1 Å². The van der Waals surface area contributed by atoms with Gasteiger partial charge in [-0.1, -0.05) is 5.16 Å². The van der Waals surface area contributed by atoms with E-state index in [0.717, 1.165) is 12.1 Å². The third kappa shape index (κ3) is 2.56. The smallest absolute Gasteiger partial charge is 0.333 e. The summed E-state index contributed by atoms with van der Waals surface area (Å²) in [4.78, 5) is 8.25. The zero-order valence-electron chi connectivity index (χ0n) is 10.6. The van der Waals surface area contributed by atoms with Crippen LogP contribution in [0.5, 0.6) is 0 Å². The number of aromatic nitrogens is 3. The van der Waals surface area contributed by atoms with Crippen molar-refractivity contribution in [2.24, 2.45) is 0 Å². The first-order chi connectivity index (χ1) is 10.5. The summed E-state index contributed by atoms with van der Waals surface area (Å²) in [6.45, 7) is 0. The lowest BCUT2D eigenvalue weighted by atomic mass is 10.2. The Morgan fingerprint density at radius 2 is 2.05 bits per heavy atom. The highest BCUT2D eigenvalue weighted by Gasteiger charge is 2.30. The van der Waals surface area contributed by atoms with Gasteiger partial charge < -0.3 is 4.52 Å². The van der Waals surface area contributed by atoms with Crippen molar-refractivity contribution in [1.29, 1.82) is 5.26 Å². The average Bonchev–Trinajstić information content (AvgIpc) is 3.15. The van der Waals surface area contributed by atoms with Gasteiger partial charge in [-0.3, -0.25) is 4.98 Å². The molecule has 22 heavy (non-hydrogen) atoms. The molecule has 0 fully saturated rings. The SMILES string of the molecule is N#Cc1ccsc1-c1nc(-c2ccc(C(F)(F)F)cn2)no1. The molecule has 3 aromatic rings. The van der Waals surface area contributed by atoms with E-state index >= 15 is 0 Å². The van der Waals surface area contributed by atoms with E-state index in [2.05, 4.69) is 15.1 Å². The summed E-state index contributed by atoms with van der Waals surface area (Å²) in [6.07, 6.45) is -3.75. The van der Waals surface area contributed by atoms with Crippen molar-refractivity contribution in [2.45, 2.75) is 6.18 Å². The number of rotatable bonds is 2. The topological polar surface area (TPSA) is 75.6 Å². The number of thiophene rings is 1. The van der Waals surface area contributed by atoms with E-state index in [9.17, 15) is 13.2 Å². The maximum atomic E-state index is 12.5. The predicted molar refractivity (Wildman–Crippen MR) is 70.6 cm³/mol. The fraction of sp³-hybridized carbons (Fsp3) is 0.0769. The Morgan fingerprint density at radius 1 is 1.23 bits per heavy atom. The molecule has 0 saturated heterocycles. The molecule has 3 heterocycles. The van der Waals surface area contributed by atoms with Crippen molar-refractivity contribution >= 4 is 11.3 Å². The van der Waals surface area contributed by atoms with Crippen LogP contribution in [0.2, 0.25) is 0 Å². The largest absolute Gasteiger partial charge is 0.417 e. The molecule has 0 amide bonds. The average molecular weight is 322 g/mol. The Labute approximate surface area is 125 Å². The highest BCUT2D eigenvalue weighted by molar-refractivity contribution is 7.13. The number of nitriles is 1. The van der Waals surface area contributed by atoms with E-state index in [1.165, 1.54) is 11.3 Å². The Kier molecular flexibility index (Phi) is 3.38. The summed E-state index contributed by atoms with van der Waals surface area (Å²) < 4.78 is 42.5. The third-order valence-electron chi connectivity index (χ3n) is 2.73. The number of nitrogens with zero attached hydrogens (tertiary/aromatic N) is 4. The molecule has 0 radical (unpaired) electrons. The van der Waals surface area contributed by atoms with Crippen molar-refractivity contribution in [2.75, 3.05) is 0 Å². The fourth-order valence-electron chi connectivity index (χ4n) is 1.68. The van der Waals surface area contributed by atoms with Crippen LogP contribution in [0.3, 0.4) is 0 Å². The maximum absolute atomic E-state index is 12.5. The highest BCUT2D eigenvalue weighted by atomic mass is 32.1. The molecule has 5 nitrogen and oxygen atoms in total. The molecule has 0 aliphatic rings. The monoisotopic (exact) mass is 322 g/mol. The van der Waals surface area contributed by atoms with Crippen molar-refractivity contribution in [3.05, 3.63) is 40.9 Å². The molecule has 0 aliphatic carbocycles. The molecule has 0 aromatic carbocycles. The molecule has 0 atom stereocenters. The number of halogens is 3. The zero-order chi connectivity index (χ0) is 15.7. The van der Waals surface area contributed by atoms with Crippen LogP contribution in [0.4, 0.5) is 13.2 Å². The van der Waals surface area contributed by atoms with Gasteiger partial charge >= 0.3 is 6.18 Å². The molecule has 3 rings (SSSR count). The summed E-state index contributed by atoms with van der Waals surface area (Å²) in [7, 11) is 0. The Balaban J connectivity index is 1.93. The quantitative estimate of drug-likeness (QED) is 0.718. The van der Waals surface area contributed by atoms with Crippen molar-refractivity contribution in [3.8, 4) is 28.4 Å². The van der Waals surface area contributed by atoms with Gasteiger partial charge in [-0.05, 0) is 23.6 Å². The van der Waals surface area contributed by atoms with Gasteiger partial charge in [-0.15, -0.1) is 11.3 Å². The molecular formula is C13H5F3N4OS. The fourth-order valence-corrected chi connectivity index (χ4v) is 2.44. The molecule has 110 valence electrons. The molecule has 0 saturated carbocycles. The third-order valence-corrected chi connectivity index (χ3v) is 3.63. The van der Waals surface area contributed by atoms with E-state index in [1.54, 1.807) is 11.4 Å². The predicted octanol–water partition coefficient (Wildman–Crippen LogP) is 3.75. The molecule has 0 N–H and O–H groups in total.